The molecule has 1 saturated heterocycles. The second kappa shape index (κ2) is 2.13. The van der Waals surface area contributed by atoms with Crippen molar-refractivity contribution in [2.75, 3.05) is 7.05 Å². The first-order valence-electron chi connectivity index (χ1n) is 3.40. The van der Waals surface area contributed by atoms with Crippen molar-refractivity contribution >= 4 is 0 Å². The Balaban J connectivity index is 2.23. The van der Waals surface area contributed by atoms with E-state index in [2.05, 4.69) is 12.8 Å². The Morgan fingerprint density at radius 1 is 1.80 bits per heavy atom. The van der Waals surface area contributed by atoms with Crippen molar-refractivity contribution in [1.82, 2.24) is 4.90 Å². The SMILES string of the molecule is CN1[C]OC2=CC=CCC21. The molecule has 0 amide bonds. The van der Waals surface area contributed by atoms with Crippen molar-refractivity contribution in [3.8, 4) is 0 Å². The molecule has 2 heteroatoms. The molecule has 0 aromatic heterocycles. The molecule has 2 rings (SSSR count). The predicted molar refractivity (Wildman–Crippen MR) is 37.7 cm³/mol. The van der Waals surface area contributed by atoms with Gasteiger partial charge in [-0.2, -0.15) is 0 Å². The van der Waals surface area contributed by atoms with E-state index in [9.17, 15) is 0 Å². The molecule has 1 fully saturated rings. The summed E-state index contributed by atoms with van der Waals surface area (Å²) in [6.45, 7) is 2.79. The molecule has 2 aliphatic rings. The lowest BCUT2D eigenvalue weighted by Crippen LogP contribution is -2.23. The minimum atomic E-state index is 0.407. The number of nitrogens with zero attached hydrogens (tertiary/aromatic N) is 1. The highest BCUT2D eigenvalue weighted by molar-refractivity contribution is 5.22. The Hall–Kier alpha value is -0.760. The molecule has 0 saturated carbocycles. The van der Waals surface area contributed by atoms with Crippen LogP contribution >= 0.6 is 0 Å². The molecule has 0 aromatic carbocycles. The molecule has 0 N–H and O–H groups in total. The molecule has 1 atom stereocenters. The third-order valence-electron chi connectivity index (χ3n) is 1.86. The van der Waals surface area contributed by atoms with E-state index < -0.39 is 0 Å². The summed E-state index contributed by atoms with van der Waals surface area (Å²) < 4.78 is 5.15. The van der Waals surface area contributed by atoms with Crippen molar-refractivity contribution in [2.45, 2.75) is 12.5 Å². The summed E-state index contributed by atoms with van der Waals surface area (Å²) in [5.74, 6) is 1.02. The molecule has 1 heterocycles. The highest BCUT2D eigenvalue weighted by atomic mass is 16.5. The van der Waals surface area contributed by atoms with Gasteiger partial charge in [-0.3, -0.25) is 0 Å². The van der Waals surface area contributed by atoms with Crippen LogP contribution in [0.25, 0.3) is 0 Å². The van der Waals surface area contributed by atoms with Crippen molar-refractivity contribution in [2.24, 2.45) is 0 Å². The van der Waals surface area contributed by atoms with Crippen LogP contribution in [0.2, 0.25) is 0 Å². The fourth-order valence-corrected chi connectivity index (χ4v) is 1.24. The van der Waals surface area contributed by atoms with Crippen LogP contribution in [0.1, 0.15) is 6.42 Å². The van der Waals surface area contributed by atoms with Crippen molar-refractivity contribution < 1.29 is 4.74 Å². The van der Waals surface area contributed by atoms with Crippen LogP contribution < -0.4 is 0 Å². The molecule has 52 valence electrons. The van der Waals surface area contributed by atoms with E-state index in [1.807, 2.05) is 24.1 Å². The molecule has 0 aromatic rings. The molecule has 0 spiro atoms. The monoisotopic (exact) mass is 135 g/mol. The summed E-state index contributed by atoms with van der Waals surface area (Å²) in [5.41, 5.74) is 0. The van der Waals surface area contributed by atoms with E-state index in [-0.39, 0.29) is 0 Å². The van der Waals surface area contributed by atoms with Gasteiger partial charge < -0.3 is 4.74 Å². The maximum atomic E-state index is 5.15. The normalized spacial score (nSPS) is 31.3. The Kier molecular flexibility index (Phi) is 1.27. The number of allylic oxidation sites excluding steroid dienone is 2. The van der Waals surface area contributed by atoms with E-state index in [1.54, 1.807) is 0 Å². The number of fused-ring (bicyclic) bond motifs is 1. The quantitative estimate of drug-likeness (QED) is 0.494. The highest BCUT2D eigenvalue weighted by Gasteiger charge is 2.29. The average molecular weight is 135 g/mol. The highest BCUT2D eigenvalue weighted by Crippen LogP contribution is 2.27. The zero-order chi connectivity index (χ0) is 6.97. The molecule has 0 bridgehead atoms. The van der Waals surface area contributed by atoms with Gasteiger partial charge in [-0.15, -0.1) is 0 Å². The molecule has 1 aliphatic carbocycles. The first-order chi connectivity index (χ1) is 4.88. The average Bonchev–Trinajstić information content (AvgIpc) is 2.34. The number of ether oxygens (including phenoxy) is 1. The fourth-order valence-electron chi connectivity index (χ4n) is 1.24. The molecule has 10 heavy (non-hydrogen) atoms. The zero-order valence-corrected chi connectivity index (χ0v) is 5.87. The fraction of sp³-hybridized carbons (Fsp3) is 0.375. The summed E-state index contributed by atoms with van der Waals surface area (Å²) in [7, 11) is 1.98. The Morgan fingerprint density at radius 3 is 3.50 bits per heavy atom. The molecular weight excluding hydrogens is 126 g/mol. The van der Waals surface area contributed by atoms with E-state index in [0.717, 1.165) is 12.2 Å². The van der Waals surface area contributed by atoms with Crippen LogP contribution in [0.3, 0.4) is 0 Å². The van der Waals surface area contributed by atoms with Gasteiger partial charge in [0.05, 0.1) is 6.04 Å². The number of hydrogen-bond acceptors (Lipinski definition) is 2. The summed E-state index contributed by atoms with van der Waals surface area (Å²) >= 11 is 0. The van der Waals surface area contributed by atoms with Crippen molar-refractivity contribution in [3.05, 3.63) is 30.7 Å². The molecule has 2 radical (unpaired) electrons. The van der Waals surface area contributed by atoms with E-state index in [4.69, 9.17) is 4.74 Å². The Bertz CT molecular complexity index is 195. The van der Waals surface area contributed by atoms with Gasteiger partial charge in [-0.25, -0.2) is 4.90 Å². The van der Waals surface area contributed by atoms with Crippen LogP contribution in [0, 0.1) is 6.73 Å². The molecule has 1 unspecified atom stereocenters. The minimum Gasteiger partial charge on any atom is -0.463 e. The third-order valence-corrected chi connectivity index (χ3v) is 1.86. The second-order valence-corrected chi connectivity index (χ2v) is 2.55. The first-order valence-corrected chi connectivity index (χ1v) is 3.40. The Morgan fingerprint density at radius 2 is 2.70 bits per heavy atom. The van der Waals surface area contributed by atoms with Crippen molar-refractivity contribution in [3.63, 3.8) is 0 Å². The maximum Gasteiger partial charge on any atom is 0.282 e. The standard InChI is InChI=1S/C8H9NO/c1-9-6-10-8-5-3-2-4-7(8)9/h2-3,5,7H,4H2,1H3. The van der Waals surface area contributed by atoms with E-state index in [1.165, 1.54) is 0 Å². The summed E-state index contributed by atoms with van der Waals surface area (Å²) in [6.07, 6.45) is 7.19. The molecule has 1 aliphatic heterocycles. The van der Waals surface area contributed by atoms with Crippen LogP contribution in [0.15, 0.2) is 24.0 Å². The van der Waals surface area contributed by atoms with Gasteiger partial charge in [-0.05, 0) is 19.5 Å². The van der Waals surface area contributed by atoms with Crippen LogP contribution in [-0.2, 0) is 4.74 Å². The minimum absolute atomic E-state index is 0.407. The van der Waals surface area contributed by atoms with Gasteiger partial charge >= 0.3 is 0 Å². The van der Waals surface area contributed by atoms with Gasteiger partial charge in [0.25, 0.3) is 6.73 Å². The van der Waals surface area contributed by atoms with E-state index >= 15 is 0 Å². The first kappa shape index (κ1) is 5.98. The zero-order valence-electron chi connectivity index (χ0n) is 5.87. The topological polar surface area (TPSA) is 12.5 Å². The van der Waals surface area contributed by atoms with Gasteiger partial charge in [0, 0.05) is 0 Å². The largest absolute Gasteiger partial charge is 0.463 e. The van der Waals surface area contributed by atoms with Crippen LogP contribution in [0.4, 0.5) is 0 Å². The summed E-state index contributed by atoms with van der Waals surface area (Å²) in [5, 5.41) is 0. The number of rotatable bonds is 0. The lowest BCUT2D eigenvalue weighted by Gasteiger charge is -2.15. The van der Waals surface area contributed by atoms with Gasteiger partial charge in [0.15, 0.2) is 0 Å². The summed E-state index contributed by atoms with van der Waals surface area (Å²) in [6, 6.07) is 0.407. The van der Waals surface area contributed by atoms with Gasteiger partial charge in [0.1, 0.15) is 5.76 Å². The third kappa shape index (κ3) is 0.762. The number of hydrogen-bond donors (Lipinski definition) is 0. The maximum absolute atomic E-state index is 5.15. The Labute approximate surface area is 60.8 Å². The van der Waals surface area contributed by atoms with Gasteiger partial charge in [0.2, 0.25) is 0 Å². The second-order valence-electron chi connectivity index (χ2n) is 2.55. The van der Waals surface area contributed by atoms with Crippen molar-refractivity contribution in [1.29, 1.82) is 0 Å². The smallest absolute Gasteiger partial charge is 0.282 e. The summed E-state index contributed by atoms with van der Waals surface area (Å²) in [4.78, 5) is 1.97. The van der Waals surface area contributed by atoms with Crippen LogP contribution in [0.5, 0.6) is 0 Å². The lowest BCUT2D eigenvalue weighted by atomic mass is 10.1. The predicted octanol–water partition coefficient (Wildman–Crippen LogP) is 1.16. The lowest BCUT2D eigenvalue weighted by molar-refractivity contribution is 0.272. The molecular formula is C8H9NO. The van der Waals surface area contributed by atoms with Crippen LogP contribution in [-0.4, -0.2) is 18.0 Å². The van der Waals surface area contributed by atoms with Gasteiger partial charge in [-0.1, -0.05) is 12.2 Å². The van der Waals surface area contributed by atoms with E-state index in [0.29, 0.717) is 6.04 Å². The number of likely N-dealkylation sites (N-methyl/N-ethyl adjacent to an activating group) is 1. The molecule has 2 nitrogen and oxygen atoms in total.